The summed E-state index contributed by atoms with van der Waals surface area (Å²) in [6.07, 6.45) is 7.80. The Balaban J connectivity index is 1.63. The van der Waals surface area contributed by atoms with Crippen LogP contribution in [0.25, 0.3) is 0 Å². The summed E-state index contributed by atoms with van der Waals surface area (Å²) in [7, 11) is 0. The van der Waals surface area contributed by atoms with Gasteiger partial charge in [0.1, 0.15) is 0 Å². The molecule has 2 aliphatic rings. The molecule has 0 spiro atoms. The normalized spacial score (nSPS) is 21.9. The molecule has 0 bridgehead atoms. The largest absolute Gasteiger partial charge is 0.352 e. The quantitative estimate of drug-likeness (QED) is 0.866. The first kappa shape index (κ1) is 12.7. The van der Waals surface area contributed by atoms with Crippen molar-refractivity contribution in [1.29, 1.82) is 0 Å². The smallest absolute Gasteiger partial charge is 0.226 e. The van der Waals surface area contributed by atoms with Gasteiger partial charge in [-0.05, 0) is 36.8 Å². The second kappa shape index (κ2) is 4.99. The topological polar surface area (TPSA) is 29.1 Å². The summed E-state index contributed by atoms with van der Waals surface area (Å²) in [5.41, 5.74) is 2.69. The van der Waals surface area contributed by atoms with Gasteiger partial charge in [-0.15, -0.1) is 0 Å². The number of hydrogen-bond acceptors (Lipinski definition) is 1. The van der Waals surface area contributed by atoms with Gasteiger partial charge in [-0.3, -0.25) is 4.79 Å². The van der Waals surface area contributed by atoms with E-state index in [0.29, 0.717) is 6.04 Å². The lowest BCUT2D eigenvalue weighted by atomic mass is 9.75. The molecule has 0 aromatic heterocycles. The van der Waals surface area contributed by atoms with E-state index in [9.17, 15) is 4.79 Å². The zero-order chi connectivity index (χ0) is 13.3. The van der Waals surface area contributed by atoms with E-state index in [4.69, 9.17) is 0 Å². The number of carbonyl (C=O) groups excluding carboxylic acids is 1. The van der Waals surface area contributed by atoms with Gasteiger partial charge in [-0.1, -0.05) is 50.5 Å². The van der Waals surface area contributed by atoms with Crippen molar-refractivity contribution in [2.24, 2.45) is 5.41 Å². The summed E-state index contributed by atoms with van der Waals surface area (Å²) in [4.78, 5) is 12.5. The van der Waals surface area contributed by atoms with Crippen LogP contribution < -0.4 is 5.32 Å². The first-order valence-corrected chi connectivity index (χ1v) is 7.55. The fourth-order valence-electron chi connectivity index (χ4n) is 3.58. The maximum absolute atomic E-state index is 12.5. The fraction of sp³-hybridized carbons (Fsp3) is 0.588. The Morgan fingerprint density at radius 1 is 1.11 bits per heavy atom. The zero-order valence-corrected chi connectivity index (χ0v) is 11.7. The van der Waals surface area contributed by atoms with Gasteiger partial charge in [-0.2, -0.15) is 0 Å². The molecule has 1 amide bonds. The van der Waals surface area contributed by atoms with Crippen LogP contribution in [0.4, 0.5) is 0 Å². The van der Waals surface area contributed by atoms with Crippen LogP contribution in [0.3, 0.4) is 0 Å². The molecule has 2 nitrogen and oxygen atoms in total. The number of benzene rings is 1. The number of hydrogen-bond donors (Lipinski definition) is 1. The van der Waals surface area contributed by atoms with Crippen molar-refractivity contribution < 1.29 is 4.79 Å². The van der Waals surface area contributed by atoms with Gasteiger partial charge in [0, 0.05) is 11.5 Å². The Morgan fingerprint density at radius 3 is 2.26 bits per heavy atom. The van der Waals surface area contributed by atoms with Crippen molar-refractivity contribution >= 4 is 5.91 Å². The second-order valence-electron chi connectivity index (χ2n) is 6.47. The van der Waals surface area contributed by atoms with Crippen LogP contribution in [0.15, 0.2) is 24.3 Å². The molecule has 3 rings (SSSR count). The highest BCUT2D eigenvalue weighted by Gasteiger charge is 2.36. The van der Waals surface area contributed by atoms with Crippen LogP contribution >= 0.6 is 0 Å². The minimum atomic E-state index is -0.118. The standard InChI is InChI=1S/C17H23NO/c1-17(9-5-2-6-10-17)16(19)18-15-11-13-7-3-4-8-14(13)12-15/h3-4,7-8,15H,2,5-6,9-12H2,1H3,(H,18,19). The van der Waals surface area contributed by atoms with E-state index in [2.05, 4.69) is 36.5 Å². The van der Waals surface area contributed by atoms with Crippen molar-refractivity contribution in [3.63, 3.8) is 0 Å². The average Bonchev–Trinajstić information content (AvgIpc) is 2.81. The molecule has 1 N–H and O–H groups in total. The van der Waals surface area contributed by atoms with Gasteiger partial charge in [0.25, 0.3) is 0 Å². The van der Waals surface area contributed by atoms with Gasteiger partial charge in [0.15, 0.2) is 0 Å². The Morgan fingerprint density at radius 2 is 1.68 bits per heavy atom. The molecule has 1 fully saturated rings. The highest BCUT2D eigenvalue weighted by Crippen LogP contribution is 2.36. The number of fused-ring (bicyclic) bond motifs is 1. The lowest BCUT2D eigenvalue weighted by Gasteiger charge is -2.33. The molecule has 1 aromatic carbocycles. The molecule has 0 atom stereocenters. The SMILES string of the molecule is CC1(C(=O)NC2Cc3ccccc3C2)CCCCC1. The minimum absolute atomic E-state index is 0.118. The van der Waals surface area contributed by atoms with Crippen molar-refractivity contribution in [2.75, 3.05) is 0 Å². The summed E-state index contributed by atoms with van der Waals surface area (Å²) in [6.45, 7) is 2.14. The molecule has 2 aliphatic carbocycles. The molecule has 19 heavy (non-hydrogen) atoms. The fourth-order valence-corrected chi connectivity index (χ4v) is 3.58. The van der Waals surface area contributed by atoms with Gasteiger partial charge in [0.05, 0.1) is 0 Å². The maximum Gasteiger partial charge on any atom is 0.226 e. The van der Waals surface area contributed by atoms with Crippen LogP contribution in [0, 0.1) is 5.41 Å². The minimum Gasteiger partial charge on any atom is -0.352 e. The molecular formula is C17H23NO. The molecule has 0 unspecified atom stereocenters. The van der Waals surface area contributed by atoms with E-state index >= 15 is 0 Å². The summed E-state index contributed by atoms with van der Waals surface area (Å²) < 4.78 is 0. The van der Waals surface area contributed by atoms with Gasteiger partial charge >= 0.3 is 0 Å². The first-order chi connectivity index (χ1) is 9.17. The molecule has 102 valence electrons. The molecule has 1 aromatic rings. The van der Waals surface area contributed by atoms with Crippen molar-refractivity contribution in [2.45, 2.75) is 57.9 Å². The molecule has 1 saturated carbocycles. The van der Waals surface area contributed by atoms with Crippen LogP contribution in [-0.2, 0) is 17.6 Å². The van der Waals surface area contributed by atoms with E-state index in [1.807, 2.05) is 0 Å². The molecule has 0 heterocycles. The lowest BCUT2D eigenvalue weighted by Crippen LogP contribution is -2.45. The van der Waals surface area contributed by atoms with Crippen molar-refractivity contribution in [3.05, 3.63) is 35.4 Å². The lowest BCUT2D eigenvalue weighted by molar-refractivity contribution is -0.132. The number of nitrogens with one attached hydrogen (secondary N) is 1. The van der Waals surface area contributed by atoms with E-state index < -0.39 is 0 Å². The first-order valence-electron chi connectivity index (χ1n) is 7.55. The third-order valence-electron chi connectivity index (χ3n) is 4.89. The predicted molar refractivity (Wildman–Crippen MR) is 77.0 cm³/mol. The number of amides is 1. The van der Waals surface area contributed by atoms with Crippen LogP contribution in [0.5, 0.6) is 0 Å². The summed E-state index contributed by atoms with van der Waals surface area (Å²) in [5, 5.41) is 3.30. The molecule has 0 saturated heterocycles. The molecular weight excluding hydrogens is 234 g/mol. The third kappa shape index (κ3) is 2.54. The highest BCUT2D eigenvalue weighted by molar-refractivity contribution is 5.82. The van der Waals surface area contributed by atoms with Crippen LogP contribution in [0.2, 0.25) is 0 Å². The Kier molecular flexibility index (Phi) is 3.34. The Hall–Kier alpha value is -1.31. The maximum atomic E-state index is 12.5. The molecule has 2 heteroatoms. The number of carbonyl (C=O) groups is 1. The Labute approximate surface area is 115 Å². The van der Waals surface area contributed by atoms with Crippen LogP contribution in [-0.4, -0.2) is 11.9 Å². The average molecular weight is 257 g/mol. The second-order valence-corrected chi connectivity index (χ2v) is 6.47. The predicted octanol–water partition coefficient (Wildman–Crippen LogP) is 3.24. The monoisotopic (exact) mass is 257 g/mol. The Bertz CT molecular complexity index is 449. The molecule has 0 aliphatic heterocycles. The van der Waals surface area contributed by atoms with Crippen LogP contribution in [0.1, 0.15) is 50.2 Å². The van der Waals surface area contributed by atoms with E-state index in [1.54, 1.807) is 0 Å². The van der Waals surface area contributed by atoms with Gasteiger partial charge < -0.3 is 5.32 Å². The van der Waals surface area contributed by atoms with E-state index in [1.165, 1.54) is 30.4 Å². The number of rotatable bonds is 2. The summed E-state index contributed by atoms with van der Waals surface area (Å²) >= 11 is 0. The van der Waals surface area contributed by atoms with Crippen molar-refractivity contribution in [3.8, 4) is 0 Å². The van der Waals surface area contributed by atoms with Gasteiger partial charge in [0.2, 0.25) is 5.91 Å². The van der Waals surface area contributed by atoms with Crippen molar-refractivity contribution in [1.82, 2.24) is 5.32 Å². The summed E-state index contributed by atoms with van der Waals surface area (Å²) in [6, 6.07) is 8.86. The van der Waals surface area contributed by atoms with Gasteiger partial charge in [-0.25, -0.2) is 0 Å². The molecule has 0 radical (unpaired) electrons. The summed E-state index contributed by atoms with van der Waals surface area (Å²) in [5.74, 6) is 0.282. The van der Waals surface area contributed by atoms with E-state index in [0.717, 1.165) is 25.7 Å². The van der Waals surface area contributed by atoms with E-state index in [-0.39, 0.29) is 11.3 Å². The highest BCUT2D eigenvalue weighted by atomic mass is 16.2. The zero-order valence-electron chi connectivity index (χ0n) is 11.7. The third-order valence-corrected chi connectivity index (χ3v) is 4.89.